The van der Waals surface area contributed by atoms with Gasteiger partial charge in [0.1, 0.15) is 7.85 Å². The van der Waals surface area contributed by atoms with E-state index in [0.717, 1.165) is 11.0 Å². The van der Waals surface area contributed by atoms with E-state index >= 15 is 0 Å². The number of rotatable bonds is 1. The molecule has 1 aromatic rings. The van der Waals surface area contributed by atoms with Crippen LogP contribution in [0.2, 0.25) is 0 Å². The van der Waals surface area contributed by atoms with Crippen molar-refractivity contribution in [2.45, 2.75) is 6.92 Å². The van der Waals surface area contributed by atoms with Gasteiger partial charge in [0.2, 0.25) is 0 Å². The standard InChI is InChI=1S/C9H12BNO2/c1-5-7(9(12)13-2)3-6(10)4-8(5)11/h3-4H,10-11H2,1-2H3. The van der Waals surface area contributed by atoms with E-state index in [1.807, 2.05) is 13.9 Å². The lowest BCUT2D eigenvalue weighted by Gasteiger charge is -2.07. The van der Waals surface area contributed by atoms with Gasteiger partial charge in [-0.1, -0.05) is 11.5 Å². The molecule has 2 N–H and O–H groups in total. The number of benzene rings is 1. The molecule has 13 heavy (non-hydrogen) atoms. The largest absolute Gasteiger partial charge is 0.465 e. The Balaban J connectivity index is 3.28. The van der Waals surface area contributed by atoms with Crippen LogP contribution in [0, 0.1) is 6.92 Å². The van der Waals surface area contributed by atoms with Crippen molar-refractivity contribution in [1.82, 2.24) is 0 Å². The molecule has 0 saturated carbocycles. The minimum Gasteiger partial charge on any atom is -0.465 e. The summed E-state index contributed by atoms with van der Waals surface area (Å²) in [6.45, 7) is 1.81. The Morgan fingerprint density at radius 1 is 1.54 bits per heavy atom. The Morgan fingerprint density at radius 3 is 2.69 bits per heavy atom. The third-order valence-electron chi connectivity index (χ3n) is 2.00. The summed E-state index contributed by atoms with van der Waals surface area (Å²) in [5, 5.41) is 0. The predicted octanol–water partition coefficient (Wildman–Crippen LogP) is -0.378. The molecule has 0 aliphatic rings. The molecule has 3 nitrogen and oxygen atoms in total. The lowest BCUT2D eigenvalue weighted by molar-refractivity contribution is 0.0600. The number of nitrogens with two attached hydrogens (primary N) is 1. The van der Waals surface area contributed by atoms with E-state index in [2.05, 4.69) is 4.74 Å². The average Bonchev–Trinajstić information content (AvgIpc) is 2.10. The van der Waals surface area contributed by atoms with Gasteiger partial charge in [0.05, 0.1) is 12.7 Å². The Kier molecular flexibility index (Phi) is 2.61. The van der Waals surface area contributed by atoms with Crippen molar-refractivity contribution in [3.8, 4) is 0 Å². The summed E-state index contributed by atoms with van der Waals surface area (Å²) in [6, 6.07) is 3.61. The van der Waals surface area contributed by atoms with E-state index in [1.165, 1.54) is 7.11 Å². The van der Waals surface area contributed by atoms with Gasteiger partial charge in [-0.15, -0.1) is 0 Å². The van der Waals surface area contributed by atoms with Crippen molar-refractivity contribution < 1.29 is 9.53 Å². The molecule has 0 aliphatic carbocycles. The van der Waals surface area contributed by atoms with E-state index in [0.29, 0.717) is 11.3 Å². The van der Waals surface area contributed by atoms with Crippen LogP contribution in [0.4, 0.5) is 5.69 Å². The highest BCUT2D eigenvalue weighted by Crippen LogP contribution is 2.14. The molecule has 0 aliphatic heterocycles. The van der Waals surface area contributed by atoms with E-state index < -0.39 is 0 Å². The highest BCUT2D eigenvalue weighted by Gasteiger charge is 2.11. The van der Waals surface area contributed by atoms with E-state index in [1.54, 1.807) is 13.0 Å². The topological polar surface area (TPSA) is 52.3 Å². The first-order valence-corrected chi connectivity index (χ1v) is 4.01. The Bertz CT molecular complexity index is 350. The molecule has 1 rings (SSSR count). The lowest BCUT2D eigenvalue weighted by Crippen LogP contribution is -2.13. The number of carbonyl (C=O) groups is 1. The van der Waals surface area contributed by atoms with Gasteiger partial charge in [-0.3, -0.25) is 0 Å². The van der Waals surface area contributed by atoms with Crippen LogP contribution in [0.25, 0.3) is 0 Å². The van der Waals surface area contributed by atoms with Crippen molar-refractivity contribution in [2.75, 3.05) is 12.8 Å². The molecule has 0 unspecified atom stereocenters. The SMILES string of the molecule is Bc1cc(N)c(C)c(C(=O)OC)c1. The molecule has 0 fully saturated rings. The maximum absolute atomic E-state index is 11.3. The summed E-state index contributed by atoms with van der Waals surface area (Å²) in [6.07, 6.45) is 0. The van der Waals surface area contributed by atoms with Gasteiger partial charge in [-0.2, -0.15) is 0 Å². The fourth-order valence-electron chi connectivity index (χ4n) is 1.21. The third-order valence-corrected chi connectivity index (χ3v) is 2.00. The Morgan fingerprint density at radius 2 is 2.15 bits per heavy atom. The van der Waals surface area contributed by atoms with E-state index in [4.69, 9.17) is 5.73 Å². The van der Waals surface area contributed by atoms with Gasteiger partial charge < -0.3 is 10.5 Å². The molecule has 0 spiro atoms. The molecule has 68 valence electrons. The molecule has 1 aromatic carbocycles. The minimum absolute atomic E-state index is 0.340. The van der Waals surface area contributed by atoms with E-state index in [9.17, 15) is 4.79 Å². The molecule has 4 heteroatoms. The smallest absolute Gasteiger partial charge is 0.338 e. The van der Waals surface area contributed by atoms with Gasteiger partial charge in [0.25, 0.3) is 0 Å². The second-order valence-electron chi connectivity index (χ2n) is 3.02. The number of methoxy groups -OCH3 is 1. The summed E-state index contributed by atoms with van der Waals surface area (Å²) in [5.41, 5.74) is 8.61. The zero-order valence-electron chi connectivity index (χ0n) is 8.05. The molecule has 0 saturated heterocycles. The highest BCUT2D eigenvalue weighted by molar-refractivity contribution is 6.33. The van der Waals surface area contributed by atoms with E-state index in [-0.39, 0.29) is 5.97 Å². The highest BCUT2D eigenvalue weighted by atomic mass is 16.5. The van der Waals surface area contributed by atoms with Crippen LogP contribution in [-0.2, 0) is 4.74 Å². The van der Waals surface area contributed by atoms with Crippen molar-refractivity contribution in [3.05, 3.63) is 23.3 Å². The van der Waals surface area contributed by atoms with Crippen LogP contribution in [0.15, 0.2) is 12.1 Å². The fourth-order valence-corrected chi connectivity index (χ4v) is 1.21. The Labute approximate surface area is 78.3 Å². The molecule has 0 aromatic heterocycles. The van der Waals surface area contributed by atoms with Crippen LogP contribution in [0.1, 0.15) is 15.9 Å². The fraction of sp³-hybridized carbons (Fsp3) is 0.222. The maximum atomic E-state index is 11.3. The second-order valence-corrected chi connectivity index (χ2v) is 3.02. The summed E-state index contributed by atoms with van der Waals surface area (Å²) >= 11 is 0. The number of carbonyl (C=O) groups excluding carboxylic acids is 1. The summed E-state index contributed by atoms with van der Waals surface area (Å²) in [7, 11) is 3.25. The third kappa shape index (κ3) is 1.83. The van der Waals surface area contributed by atoms with Gasteiger partial charge in [-0.05, 0) is 18.6 Å². The second kappa shape index (κ2) is 3.52. The quantitative estimate of drug-likeness (QED) is 0.361. The monoisotopic (exact) mass is 177 g/mol. The summed E-state index contributed by atoms with van der Waals surface area (Å²) in [4.78, 5) is 11.3. The average molecular weight is 177 g/mol. The molecule has 0 heterocycles. The van der Waals surface area contributed by atoms with Crippen LogP contribution in [0.5, 0.6) is 0 Å². The number of hydrogen-bond acceptors (Lipinski definition) is 3. The Hall–Kier alpha value is -1.45. The first-order valence-electron chi connectivity index (χ1n) is 4.01. The van der Waals surface area contributed by atoms with Gasteiger partial charge in [0.15, 0.2) is 0 Å². The van der Waals surface area contributed by atoms with Crippen LogP contribution >= 0.6 is 0 Å². The number of hydrogen-bond donors (Lipinski definition) is 1. The van der Waals surface area contributed by atoms with Crippen LogP contribution < -0.4 is 11.2 Å². The maximum Gasteiger partial charge on any atom is 0.338 e. The zero-order chi connectivity index (χ0) is 10.0. The normalized spacial score (nSPS) is 9.69. The summed E-state index contributed by atoms with van der Waals surface area (Å²) < 4.78 is 4.63. The number of esters is 1. The molecule has 0 atom stereocenters. The summed E-state index contributed by atoms with van der Waals surface area (Å²) in [5.74, 6) is -0.340. The van der Waals surface area contributed by atoms with Gasteiger partial charge >= 0.3 is 5.97 Å². The predicted molar refractivity (Wildman–Crippen MR) is 55.1 cm³/mol. The molecular weight excluding hydrogens is 165 g/mol. The first kappa shape index (κ1) is 9.64. The lowest BCUT2D eigenvalue weighted by atomic mass is 9.91. The van der Waals surface area contributed by atoms with Crippen LogP contribution in [-0.4, -0.2) is 20.9 Å². The number of anilines is 1. The molecule has 0 radical (unpaired) electrons. The van der Waals surface area contributed by atoms with Crippen molar-refractivity contribution in [2.24, 2.45) is 0 Å². The first-order chi connectivity index (χ1) is 6.06. The van der Waals surface area contributed by atoms with Gasteiger partial charge in [0, 0.05) is 5.69 Å². The van der Waals surface area contributed by atoms with Crippen molar-refractivity contribution in [1.29, 1.82) is 0 Å². The zero-order valence-corrected chi connectivity index (χ0v) is 8.05. The molecular formula is C9H12BNO2. The van der Waals surface area contributed by atoms with Crippen molar-refractivity contribution >= 4 is 25.0 Å². The number of nitrogen functional groups attached to an aromatic ring is 1. The van der Waals surface area contributed by atoms with Crippen LogP contribution in [0.3, 0.4) is 0 Å². The van der Waals surface area contributed by atoms with Gasteiger partial charge in [-0.25, -0.2) is 4.79 Å². The molecule has 0 amide bonds. The molecule has 0 bridgehead atoms. The minimum atomic E-state index is -0.340. The number of ether oxygens (including phenoxy) is 1. The van der Waals surface area contributed by atoms with Crippen molar-refractivity contribution in [3.63, 3.8) is 0 Å².